The van der Waals surface area contributed by atoms with Gasteiger partial charge in [0.25, 0.3) is 0 Å². The number of aliphatic hydroxyl groups is 1. The molecule has 0 spiro atoms. The second-order valence-electron chi connectivity index (χ2n) is 6.99. The zero-order chi connectivity index (χ0) is 20.8. The number of hydrogen-bond donors (Lipinski definition) is 3. The summed E-state index contributed by atoms with van der Waals surface area (Å²) in [7, 11) is 0. The quantitative estimate of drug-likeness (QED) is 0.212. The fraction of sp³-hybridized carbons (Fsp3) is 0.818. The molecule has 27 heavy (non-hydrogen) atoms. The second kappa shape index (κ2) is 22.7. The van der Waals surface area contributed by atoms with E-state index >= 15 is 0 Å². The zero-order valence-electron chi connectivity index (χ0n) is 17.5. The minimum Gasteiger partial charge on any atom is -0.481 e. The molecule has 0 aliphatic rings. The largest absolute Gasteiger partial charge is 0.481 e. The number of aliphatic hydroxyl groups excluding tert-OH is 1. The van der Waals surface area contributed by atoms with E-state index in [1.165, 1.54) is 70.6 Å². The molecule has 0 fully saturated rings. The molecule has 1 unspecified atom stereocenters. The van der Waals surface area contributed by atoms with Crippen LogP contribution in [-0.4, -0.2) is 33.4 Å². The summed E-state index contributed by atoms with van der Waals surface area (Å²) < 4.78 is 0. The van der Waals surface area contributed by atoms with Crippen molar-refractivity contribution in [1.29, 1.82) is 0 Å². The van der Waals surface area contributed by atoms with Crippen molar-refractivity contribution in [2.75, 3.05) is 0 Å². The molecule has 0 saturated carbocycles. The Morgan fingerprint density at radius 2 is 1.19 bits per heavy atom. The third kappa shape index (κ3) is 27.0. The molecular weight excluding hydrogens is 344 g/mol. The third-order valence-corrected chi connectivity index (χ3v) is 4.32. The van der Waals surface area contributed by atoms with Gasteiger partial charge in [-0.05, 0) is 38.5 Å². The van der Waals surface area contributed by atoms with E-state index in [0.717, 1.165) is 12.8 Å². The lowest BCUT2D eigenvalue weighted by Gasteiger charge is -1.99. The molecule has 5 heteroatoms. The zero-order valence-corrected chi connectivity index (χ0v) is 17.5. The topological polar surface area (TPSA) is 94.8 Å². The maximum absolute atomic E-state index is 10.3. The van der Waals surface area contributed by atoms with Gasteiger partial charge in [0.15, 0.2) is 6.10 Å². The average molecular weight is 387 g/mol. The predicted molar refractivity (Wildman–Crippen MR) is 111 cm³/mol. The summed E-state index contributed by atoms with van der Waals surface area (Å²) in [6.45, 7) is 3.87. The van der Waals surface area contributed by atoms with Gasteiger partial charge in [0.1, 0.15) is 0 Å². The lowest BCUT2D eigenvalue weighted by atomic mass is 10.1. The summed E-state index contributed by atoms with van der Waals surface area (Å²) >= 11 is 0. The van der Waals surface area contributed by atoms with Crippen LogP contribution in [-0.2, 0) is 9.59 Å². The number of aliphatic carboxylic acids is 2. The van der Waals surface area contributed by atoms with Crippen LogP contribution in [0.1, 0.15) is 110 Å². The number of hydrogen-bond acceptors (Lipinski definition) is 3. The lowest BCUT2D eigenvalue weighted by Crippen LogP contribution is -2.17. The second-order valence-corrected chi connectivity index (χ2v) is 6.99. The molecule has 0 aliphatic heterocycles. The van der Waals surface area contributed by atoms with Gasteiger partial charge in [0.05, 0.1) is 0 Å². The van der Waals surface area contributed by atoms with Crippen LogP contribution in [0.5, 0.6) is 0 Å². The first-order chi connectivity index (χ1) is 13.0. The summed E-state index contributed by atoms with van der Waals surface area (Å²) in [5.74, 6) is -1.81. The maximum Gasteiger partial charge on any atom is 0.332 e. The van der Waals surface area contributed by atoms with E-state index in [0.29, 0.717) is 6.42 Å². The van der Waals surface area contributed by atoms with Gasteiger partial charge in [-0.25, -0.2) is 4.79 Å². The highest BCUT2D eigenvalue weighted by molar-refractivity contribution is 5.71. The first kappa shape index (κ1) is 27.9. The Labute approximate surface area is 165 Å². The molecule has 0 amide bonds. The van der Waals surface area contributed by atoms with Crippen LogP contribution in [0.15, 0.2) is 12.2 Å². The minimum atomic E-state index is -1.18. The van der Waals surface area contributed by atoms with Crippen molar-refractivity contribution in [1.82, 2.24) is 0 Å². The molecule has 0 aromatic rings. The van der Waals surface area contributed by atoms with Gasteiger partial charge in [-0.15, -0.1) is 0 Å². The standard InChI is InChI=1S/C18H34O2.C4H8O3/c1-2-3-4-5-6-7-8-9-10-11-12-13-14-15-16-17-18(19)20;1-2-3(5)4(6)7/h9-10H,2-8,11-17H2,1H3,(H,19,20);3,5H,2H2,1H3,(H,6,7)/b10-9-;. The fourth-order valence-corrected chi connectivity index (χ4v) is 2.52. The van der Waals surface area contributed by atoms with E-state index in [4.69, 9.17) is 15.3 Å². The Morgan fingerprint density at radius 3 is 1.56 bits per heavy atom. The summed E-state index contributed by atoms with van der Waals surface area (Å²) in [4.78, 5) is 20.0. The highest BCUT2D eigenvalue weighted by atomic mass is 16.4. The van der Waals surface area contributed by atoms with Crippen LogP contribution in [0.3, 0.4) is 0 Å². The number of allylic oxidation sites excluding steroid dienone is 2. The van der Waals surface area contributed by atoms with Gasteiger partial charge in [-0.3, -0.25) is 4.79 Å². The molecule has 0 aromatic carbocycles. The van der Waals surface area contributed by atoms with E-state index in [-0.39, 0.29) is 6.42 Å². The molecule has 0 heterocycles. The van der Waals surface area contributed by atoms with Crippen molar-refractivity contribution in [3.05, 3.63) is 12.2 Å². The van der Waals surface area contributed by atoms with Gasteiger partial charge in [0.2, 0.25) is 0 Å². The normalized spacial score (nSPS) is 11.8. The molecule has 0 radical (unpaired) electrons. The molecule has 3 N–H and O–H groups in total. The Hall–Kier alpha value is -1.36. The molecule has 160 valence electrons. The van der Waals surface area contributed by atoms with E-state index in [1.807, 2.05) is 0 Å². The SMILES string of the molecule is CCC(O)C(=O)O.CCCCCCCC/C=C\CCCCCCCC(=O)O. The minimum absolute atomic E-state index is 0.273. The van der Waals surface area contributed by atoms with Crippen molar-refractivity contribution < 1.29 is 24.9 Å². The summed E-state index contributed by atoms with van der Waals surface area (Å²) in [5, 5.41) is 24.8. The van der Waals surface area contributed by atoms with Gasteiger partial charge in [-0.1, -0.05) is 77.4 Å². The van der Waals surface area contributed by atoms with E-state index < -0.39 is 18.0 Å². The first-order valence-electron chi connectivity index (χ1n) is 10.7. The van der Waals surface area contributed by atoms with Gasteiger partial charge >= 0.3 is 11.9 Å². The Morgan fingerprint density at radius 1 is 0.741 bits per heavy atom. The van der Waals surface area contributed by atoms with E-state index in [9.17, 15) is 9.59 Å². The molecule has 1 atom stereocenters. The summed E-state index contributed by atoms with van der Waals surface area (Å²) in [6.07, 6.45) is 20.3. The Bertz CT molecular complexity index is 366. The van der Waals surface area contributed by atoms with Crippen molar-refractivity contribution in [3.8, 4) is 0 Å². The van der Waals surface area contributed by atoms with Gasteiger partial charge < -0.3 is 15.3 Å². The van der Waals surface area contributed by atoms with Crippen LogP contribution in [0, 0.1) is 0 Å². The highest BCUT2D eigenvalue weighted by Crippen LogP contribution is 2.09. The monoisotopic (exact) mass is 386 g/mol. The van der Waals surface area contributed by atoms with Crippen LogP contribution >= 0.6 is 0 Å². The first-order valence-corrected chi connectivity index (χ1v) is 10.7. The van der Waals surface area contributed by atoms with Crippen LogP contribution in [0.2, 0.25) is 0 Å². The molecule has 0 bridgehead atoms. The summed E-state index contributed by atoms with van der Waals surface area (Å²) in [6, 6.07) is 0. The molecule has 0 saturated heterocycles. The smallest absolute Gasteiger partial charge is 0.332 e. The lowest BCUT2D eigenvalue weighted by molar-refractivity contribution is -0.146. The predicted octanol–water partition coefficient (Wildman–Crippen LogP) is 5.95. The van der Waals surface area contributed by atoms with E-state index in [2.05, 4.69) is 19.1 Å². The van der Waals surface area contributed by atoms with Crippen LogP contribution in [0.25, 0.3) is 0 Å². The summed E-state index contributed by atoms with van der Waals surface area (Å²) in [5.41, 5.74) is 0. The maximum atomic E-state index is 10.3. The number of carboxylic acids is 2. The van der Waals surface area contributed by atoms with Gasteiger partial charge in [0, 0.05) is 6.42 Å². The van der Waals surface area contributed by atoms with E-state index in [1.54, 1.807) is 6.92 Å². The van der Waals surface area contributed by atoms with Gasteiger partial charge in [-0.2, -0.15) is 0 Å². The number of carboxylic acid groups (broad SMARTS) is 2. The number of unbranched alkanes of at least 4 members (excludes halogenated alkanes) is 11. The molecular formula is C22H42O5. The van der Waals surface area contributed by atoms with Crippen molar-refractivity contribution >= 4 is 11.9 Å². The molecule has 0 aromatic heterocycles. The van der Waals surface area contributed by atoms with Crippen molar-refractivity contribution in [2.24, 2.45) is 0 Å². The number of carbonyl (C=O) groups is 2. The Kier molecular flexibility index (Phi) is 23.4. The van der Waals surface area contributed by atoms with Crippen LogP contribution in [0.4, 0.5) is 0 Å². The van der Waals surface area contributed by atoms with Crippen LogP contribution < -0.4 is 0 Å². The molecule has 0 rings (SSSR count). The van der Waals surface area contributed by atoms with Crippen molar-refractivity contribution in [3.63, 3.8) is 0 Å². The average Bonchev–Trinajstić information content (AvgIpc) is 2.64. The Balaban J connectivity index is 0. The van der Waals surface area contributed by atoms with Crippen molar-refractivity contribution in [2.45, 2.75) is 116 Å². The molecule has 5 nitrogen and oxygen atoms in total. The number of rotatable bonds is 17. The molecule has 0 aliphatic carbocycles. The fourth-order valence-electron chi connectivity index (χ4n) is 2.52. The highest BCUT2D eigenvalue weighted by Gasteiger charge is 2.07. The third-order valence-electron chi connectivity index (χ3n) is 4.32.